The second-order valence-corrected chi connectivity index (χ2v) is 4.59. The Bertz CT molecular complexity index is 725. The molecule has 2 aromatic heterocycles. The molecule has 0 aliphatic carbocycles. The van der Waals surface area contributed by atoms with Crippen LogP contribution in [-0.4, -0.2) is 21.7 Å². The molecule has 0 aliphatic rings. The fraction of sp³-hybridized carbons (Fsp3) is 0.143. The Kier molecular flexibility index (Phi) is 3.43. The van der Waals surface area contributed by atoms with Crippen molar-refractivity contribution in [2.75, 3.05) is 7.11 Å². The fourth-order valence-electron chi connectivity index (χ4n) is 1.83. The molecule has 0 atom stereocenters. The summed E-state index contributed by atoms with van der Waals surface area (Å²) in [5.74, 6) is 2.22. The van der Waals surface area contributed by atoms with E-state index in [1.807, 2.05) is 34.7 Å². The maximum absolute atomic E-state index is 5.97. The van der Waals surface area contributed by atoms with Crippen molar-refractivity contribution in [1.82, 2.24) is 14.6 Å². The number of aromatic nitrogens is 3. The number of hydrogen-bond acceptors (Lipinski definition) is 4. The summed E-state index contributed by atoms with van der Waals surface area (Å²) >= 11 is 5.97. The van der Waals surface area contributed by atoms with Gasteiger partial charge in [-0.2, -0.15) is 0 Å². The van der Waals surface area contributed by atoms with Crippen molar-refractivity contribution in [2.45, 2.75) is 6.61 Å². The van der Waals surface area contributed by atoms with Crippen molar-refractivity contribution < 1.29 is 9.47 Å². The van der Waals surface area contributed by atoms with E-state index < -0.39 is 0 Å². The van der Waals surface area contributed by atoms with E-state index >= 15 is 0 Å². The summed E-state index contributed by atoms with van der Waals surface area (Å²) in [6, 6.07) is 11.0. The second-order valence-electron chi connectivity index (χ2n) is 4.16. The second kappa shape index (κ2) is 5.38. The van der Waals surface area contributed by atoms with Crippen molar-refractivity contribution in [3.05, 3.63) is 53.4 Å². The third kappa shape index (κ3) is 2.53. The largest absolute Gasteiger partial charge is 0.497 e. The lowest BCUT2D eigenvalue weighted by molar-refractivity contribution is 0.294. The molecular formula is C14H12ClN3O2. The van der Waals surface area contributed by atoms with Gasteiger partial charge in [-0.3, -0.25) is 4.40 Å². The molecule has 102 valence electrons. The molecular weight excluding hydrogens is 278 g/mol. The van der Waals surface area contributed by atoms with Gasteiger partial charge < -0.3 is 9.47 Å². The van der Waals surface area contributed by atoms with Gasteiger partial charge in [-0.15, -0.1) is 10.2 Å². The number of nitrogens with zero attached hydrogens (tertiary/aromatic N) is 3. The first-order valence-electron chi connectivity index (χ1n) is 6.02. The number of ether oxygens (including phenoxy) is 2. The van der Waals surface area contributed by atoms with Crippen molar-refractivity contribution in [1.29, 1.82) is 0 Å². The van der Waals surface area contributed by atoms with Crippen LogP contribution in [0.5, 0.6) is 11.5 Å². The summed E-state index contributed by atoms with van der Waals surface area (Å²) in [6.45, 7) is 0.313. The van der Waals surface area contributed by atoms with Crippen LogP contribution in [0.15, 0.2) is 42.6 Å². The van der Waals surface area contributed by atoms with E-state index in [1.165, 1.54) is 0 Å². The first-order valence-corrected chi connectivity index (χ1v) is 6.40. The molecule has 3 aromatic rings. The summed E-state index contributed by atoms with van der Waals surface area (Å²) in [5.41, 5.74) is 0.739. The molecule has 0 spiro atoms. The maximum atomic E-state index is 5.97. The number of pyridine rings is 1. The summed E-state index contributed by atoms with van der Waals surface area (Å²) in [4.78, 5) is 0. The van der Waals surface area contributed by atoms with Crippen LogP contribution >= 0.6 is 11.6 Å². The lowest BCUT2D eigenvalue weighted by Crippen LogP contribution is -2.01. The molecule has 0 fully saturated rings. The molecule has 0 saturated carbocycles. The Morgan fingerprint density at radius 1 is 1.05 bits per heavy atom. The van der Waals surface area contributed by atoms with E-state index in [0.717, 1.165) is 17.1 Å². The van der Waals surface area contributed by atoms with Gasteiger partial charge in [0, 0.05) is 6.20 Å². The summed E-state index contributed by atoms with van der Waals surface area (Å²) in [6.07, 6.45) is 1.77. The van der Waals surface area contributed by atoms with Crippen LogP contribution < -0.4 is 9.47 Å². The maximum Gasteiger partial charge on any atom is 0.175 e. The highest BCUT2D eigenvalue weighted by Gasteiger charge is 2.06. The number of benzene rings is 1. The predicted molar refractivity (Wildman–Crippen MR) is 75.3 cm³/mol. The molecule has 0 unspecified atom stereocenters. The molecule has 1 aromatic carbocycles. The van der Waals surface area contributed by atoms with E-state index in [1.54, 1.807) is 19.4 Å². The van der Waals surface area contributed by atoms with Gasteiger partial charge >= 0.3 is 0 Å². The SMILES string of the molecule is COc1ccc(OCc2nnc3ccc(Cl)cn23)cc1. The average molecular weight is 290 g/mol. The molecule has 0 saturated heterocycles. The zero-order valence-corrected chi connectivity index (χ0v) is 11.5. The van der Waals surface area contributed by atoms with Crippen LogP contribution in [0.4, 0.5) is 0 Å². The van der Waals surface area contributed by atoms with E-state index in [4.69, 9.17) is 21.1 Å². The standard InChI is InChI=1S/C14H12ClN3O2/c1-19-11-3-5-12(6-4-11)20-9-14-17-16-13-7-2-10(15)8-18(13)14/h2-8H,9H2,1H3. The third-order valence-electron chi connectivity index (χ3n) is 2.86. The van der Waals surface area contributed by atoms with Gasteiger partial charge in [-0.25, -0.2) is 0 Å². The predicted octanol–water partition coefficient (Wildman–Crippen LogP) is 2.97. The third-order valence-corrected chi connectivity index (χ3v) is 3.09. The number of fused-ring (bicyclic) bond motifs is 1. The van der Waals surface area contributed by atoms with Crippen molar-refractivity contribution >= 4 is 17.2 Å². The Balaban J connectivity index is 1.77. The molecule has 0 aliphatic heterocycles. The molecule has 5 nitrogen and oxygen atoms in total. The van der Waals surface area contributed by atoms with Crippen LogP contribution in [0.2, 0.25) is 5.02 Å². The van der Waals surface area contributed by atoms with Gasteiger partial charge in [0.15, 0.2) is 11.5 Å². The van der Waals surface area contributed by atoms with Gasteiger partial charge in [0.25, 0.3) is 0 Å². The minimum atomic E-state index is 0.313. The number of methoxy groups -OCH3 is 1. The summed E-state index contributed by atoms with van der Waals surface area (Å²) in [5, 5.41) is 8.77. The van der Waals surface area contributed by atoms with Gasteiger partial charge in [0.2, 0.25) is 0 Å². The van der Waals surface area contributed by atoms with Crippen LogP contribution in [-0.2, 0) is 6.61 Å². The Morgan fingerprint density at radius 3 is 2.55 bits per heavy atom. The first-order chi connectivity index (χ1) is 9.76. The van der Waals surface area contributed by atoms with Gasteiger partial charge in [-0.1, -0.05) is 11.6 Å². The van der Waals surface area contributed by atoms with Crippen molar-refractivity contribution in [3.8, 4) is 11.5 Å². The Morgan fingerprint density at radius 2 is 1.80 bits per heavy atom. The number of hydrogen-bond donors (Lipinski definition) is 0. The molecule has 20 heavy (non-hydrogen) atoms. The highest BCUT2D eigenvalue weighted by Crippen LogP contribution is 2.18. The summed E-state index contributed by atoms with van der Waals surface area (Å²) < 4.78 is 12.6. The number of halogens is 1. The highest BCUT2D eigenvalue weighted by molar-refractivity contribution is 6.30. The molecule has 0 radical (unpaired) electrons. The van der Waals surface area contributed by atoms with E-state index in [0.29, 0.717) is 17.5 Å². The quantitative estimate of drug-likeness (QED) is 0.741. The topological polar surface area (TPSA) is 48.7 Å². The molecule has 0 bridgehead atoms. The zero-order valence-electron chi connectivity index (χ0n) is 10.8. The van der Waals surface area contributed by atoms with E-state index in [9.17, 15) is 0 Å². The fourth-order valence-corrected chi connectivity index (χ4v) is 1.99. The Labute approximate surface area is 120 Å². The zero-order chi connectivity index (χ0) is 13.9. The molecule has 6 heteroatoms. The minimum absolute atomic E-state index is 0.313. The first kappa shape index (κ1) is 12.7. The van der Waals surface area contributed by atoms with Gasteiger partial charge in [0.1, 0.15) is 18.1 Å². The van der Waals surface area contributed by atoms with Crippen molar-refractivity contribution in [2.24, 2.45) is 0 Å². The highest BCUT2D eigenvalue weighted by atomic mass is 35.5. The normalized spacial score (nSPS) is 10.7. The summed E-state index contributed by atoms with van der Waals surface area (Å²) in [7, 11) is 1.63. The lowest BCUT2D eigenvalue weighted by atomic mass is 10.3. The van der Waals surface area contributed by atoms with Crippen LogP contribution in [0.3, 0.4) is 0 Å². The van der Waals surface area contributed by atoms with E-state index in [2.05, 4.69) is 10.2 Å². The lowest BCUT2D eigenvalue weighted by Gasteiger charge is -2.06. The van der Waals surface area contributed by atoms with Crippen LogP contribution in [0.1, 0.15) is 5.82 Å². The number of rotatable bonds is 4. The van der Waals surface area contributed by atoms with Gasteiger partial charge in [-0.05, 0) is 36.4 Å². The monoisotopic (exact) mass is 289 g/mol. The van der Waals surface area contributed by atoms with Crippen molar-refractivity contribution in [3.63, 3.8) is 0 Å². The van der Waals surface area contributed by atoms with E-state index in [-0.39, 0.29) is 0 Å². The molecule has 0 amide bonds. The minimum Gasteiger partial charge on any atom is -0.497 e. The Hall–Kier alpha value is -2.27. The van der Waals surface area contributed by atoms with Crippen LogP contribution in [0.25, 0.3) is 5.65 Å². The van der Waals surface area contributed by atoms with Crippen LogP contribution in [0, 0.1) is 0 Å². The average Bonchev–Trinajstić information content (AvgIpc) is 2.88. The molecule has 2 heterocycles. The smallest absolute Gasteiger partial charge is 0.175 e. The molecule has 0 N–H and O–H groups in total. The van der Waals surface area contributed by atoms with Gasteiger partial charge in [0.05, 0.1) is 12.1 Å². The molecule has 3 rings (SSSR count).